The van der Waals surface area contributed by atoms with Gasteiger partial charge in [-0.05, 0) is 37.6 Å². The highest BCUT2D eigenvalue weighted by atomic mass is 16.2. The normalized spacial score (nSPS) is 15.2. The Morgan fingerprint density at radius 1 is 1.07 bits per heavy atom. The first-order chi connectivity index (χ1) is 14.7. The summed E-state index contributed by atoms with van der Waals surface area (Å²) in [6.07, 6.45) is 4.84. The van der Waals surface area contributed by atoms with E-state index in [0.717, 1.165) is 67.1 Å². The topological polar surface area (TPSA) is 74.2 Å². The number of hydrogen-bond donors (Lipinski definition) is 1. The number of carbonyl (C=O) groups excluding carboxylic acids is 1. The van der Waals surface area contributed by atoms with E-state index in [2.05, 4.69) is 44.2 Å². The Balaban J connectivity index is 1.28. The lowest BCUT2D eigenvalue weighted by atomic mass is 10.1. The molecule has 156 valence electrons. The van der Waals surface area contributed by atoms with Gasteiger partial charge in [0.1, 0.15) is 12.1 Å². The third-order valence-corrected chi connectivity index (χ3v) is 5.48. The highest BCUT2D eigenvalue weighted by Crippen LogP contribution is 2.20. The van der Waals surface area contributed by atoms with Gasteiger partial charge in [-0.3, -0.25) is 14.7 Å². The summed E-state index contributed by atoms with van der Waals surface area (Å²) in [6.45, 7) is 6.90. The Kier molecular flexibility index (Phi) is 6.49. The summed E-state index contributed by atoms with van der Waals surface area (Å²) in [5.74, 6) is 0.977. The van der Waals surface area contributed by atoms with Crippen LogP contribution in [-0.2, 0) is 11.3 Å². The summed E-state index contributed by atoms with van der Waals surface area (Å²) in [4.78, 5) is 30.2. The molecular weight excluding hydrogens is 376 g/mol. The monoisotopic (exact) mass is 404 g/mol. The van der Waals surface area contributed by atoms with Crippen molar-refractivity contribution >= 4 is 22.6 Å². The first-order valence-electron chi connectivity index (χ1n) is 10.5. The van der Waals surface area contributed by atoms with Crippen LogP contribution < -0.4 is 5.32 Å². The van der Waals surface area contributed by atoms with E-state index < -0.39 is 0 Å². The quantitative estimate of drug-likeness (QED) is 0.681. The highest BCUT2D eigenvalue weighted by molar-refractivity contribution is 5.89. The van der Waals surface area contributed by atoms with Crippen molar-refractivity contribution in [1.82, 2.24) is 24.8 Å². The molecule has 1 fully saturated rings. The number of benzene rings is 1. The molecule has 3 aromatic rings. The molecule has 0 bridgehead atoms. The molecule has 4 rings (SSSR count). The number of anilines is 1. The fourth-order valence-electron chi connectivity index (χ4n) is 3.86. The van der Waals surface area contributed by atoms with E-state index in [4.69, 9.17) is 0 Å². The number of aromatic nitrogens is 3. The predicted octanol–water partition coefficient (Wildman–Crippen LogP) is 2.87. The standard InChI is InChI=1S/C23H28N6O/c1-18-6-7-21-20(15-18)23(27-17-26-21)25-10-8-22(30)29-12-4-11-28(13-14-29)16-19-5-2-3-9-24-19/h2-3,5-7,9,15,17H,4,8,10-14,16H2,1H3,(H,25,26,27). The van der Waals surface area contributed by atoms with Crippen molar-refractivity contribution in [1.29, 1.82) is 0 Å². The molecule has 1 aliphatic heterocycles. The van der Waals surface area contributed by atoms with Crippen LogP contribution in [0, 0.1) is 6.92 Å². The Morgan fingerprint density at radius 3 is 2.87 bits per heavy atom. The van der Waals surface area contributed by atoms with Crippen LogP contribution in [0.1, 0.15) is 24.1 Å². The van der Waals surface area contributed by atoms with Crippen LogP contribution in [0.25, 0.3) is 10.9 Å². The van der Waals surface area contributed by atoms with Crippen LogP contribution in [0.4, 0.5) is 5.82 Å². The second-order valence-corrected chi connectivity index (χ2v) is 7.75. The summed E-state index contributed by atoms with van der Waals surface area (Å²) in [6, 6.07) is 12.1. The van der Waals surface area contributed by atoms with Crippen molar-refractivity contribution in [3.05, 3.63) is 60.2 Å². The summed E-state index contributed by atoms with van der Waals surface area (Å²) < 4.78 is 0. The van der Waals surface area contributed by atoms with Gasteiger partial charge in [0.2, 0.25) is 5.91 Å². The van der Waals surface area contributed by atoms with Gasteiger partial charge in [0, 0.05) is 57.3 Å². The average Bonchev–Trinajstić information content (AvgIpc) is 3.00. The lowest BCUT2D eigenvalue weighted by Gasteiger charge is -2.22. The minimum absolute atomic E-state index is 0.191. The van der Waals surface area contributed by atoms with Gasteiger partial charge in [0.15, 0.2) is 0 Å². The van der Waals surface area contributed by atoms with Gasteiger partial charge in [-0.25, -0.2) is 9.97 Å². The van der Waals surface area contributed by atoms with Crippen LogP contribution in [0.5, 0.6) is 0 Å². The van der Waals surface area contributed by atoms with Gasteiger partial charge < -0.3 is 10.2 Å². The molecule has 0 saturated carbocycles. The lowest BCUT2D eigenvalue weighted by Crippen LogP contribution is -2.36. The fourth-order valence-corrected chi connectivity index (χ4v) is 3.86. The van der Waals surface area contributed by atoms with Gasteiger partial charge in [-0.2, -0.15) is 0 Å². The van der Waals surface area contributed by atoms with Crippen LogP contribution in [0.2, 0.25) is 0 Å². The molecule has 30 heavy (non-hydrogen) atoms. The summed E-state index contributed by atoms with van der Waals surface area (Å²) >= 11 is 0. The Bertz CT molecular complexity index is 993. The molecule has 1 amide bonds. The fraction of sp³-hybridized carbons (Fsp3) is 0.391. The summed E-state index contributed by atoms with van der Waals surface area (Å²) in [7, 11) is 0. The van der Waals surface area contributed by atoms with Gasteiger partial charge in [0.05, 0.1) is 11.2 Å². The first kappa shape index (κ1) is 20.2. The zero-order valence-electron chi connectivity index (χ0n) is 17.4. The third kappa shape index (κ3) is 5.10. The molecule has 7 heteroatoms. The van der Waals surface area contributed by atoms with Gasteiger partial charge >= 0.3 is 0 Å². The highest BCUT2D eigenvalue weighted by Gasteiger charge is 2.19. The van der Waals surface area contributed by atoms with E-state index in [1.54, 1.807) is 6.33 Å². The van der Waals surface area contributed by atoms with Gasteiger partial charge in [-0.15, -0.1) is 0 Å². The maximum atomic E-state index is 12.7. The Morgan fingerprint density at radius 2 is 2.00 bits per heavy atom. The summed E-state index contributed by atoms with van der Waals surface area (Å²) in [5.41, 5.74) is 3.15. The van der Waals surface area contributed by atoms with E-state index in [1.807, 2.05) is 35.4 Å². The van der Waals surface area contributed by atoms with Gasteiger partial charge in [0.25, 0.3) is 0 Å². The van der Waals surface area contributed by atoms with Crippen molar-refractivity contribution in [2.45, 2.75) is 26.3 Å². The second-order valence-electron chi connectivity index (χ2n) is 7.75. The Labute approximate surface area is 177 Å². The zero-order valence-corrected chi connectivity index (χ0v) is 17.4. The number of nitrogens with one attached hydrogen (secondary N) is 1. The number of carbonyl (C=O) groups is 1. The predicted molar refractivity (Wildman–Crippen MR) is 118 cm³/mol. The van der Waals surface area contributed by atoms with E-state index in [1.165, 1.54) is 0 Å². The molecule has 3 heterocycles. The minimum Gasteiger partial charge on any atom is -0.369 e. The van der Waals surface area contributed by atoms with E-state index in [9.17, 15) is 4.79 Å². The molecule has 1 N–H and O–H groups in total. The zero-order chi connectivity index (χ0) is 20.8. The molecule has 0 aliphatic carbocycles. The average molecular weight is 405 g/mol. The molecule has 0 unspecified atom stereocenters. The minimum atomic E-state index is 0.191. The molecule has 0 atom stereocenters. The molecule has 0 radical (unpaired) electrons. The molecule has 2 aromatic heterocycles. The Hall–Kier alpha value is -3.06. The number of pyridine rings is 1. The molecule has 7 nitrogen and oxygen atoms in total. The molecule has 1 aromatic carbocycles. The number of rotatable bonds is 6. The van der Waals surface area contributed by atoms with Crippen molar-refractivity contribution < 1.29 is 4.79 Å². The van der Waals surface area contributed by atoms with Crippen LogP contribution in [0.3, 0.4) is 0 Å². The molecule has 0 spiro atoms. The van der Waals surface area contributed by atoms with Crippen molar-refractivity contribution in [3.63, 3.8) is 0 Å². The second kappa shape index (κ2) is 9.63. The maximum absolute atomic E-state index is 12.7. The molecule has 1 aliphatic rings. The van der Waals surface area contributed by atoms with Crippen molar-refractivity contribution in [2.24, 2.45) is 0 Å². The largest absolute Gasteiger partial charge is 0.369 e. The molecule has 1 saturated heterocycles. The lowest BCUT2D eigenvalue weighted by molar-refractivity contribution is -0.130. The smallest absolute Gasteiger partial charge is 0.224 e. The number of amides is 1. The third-order valence-electron chi connectivity index (χ3n) is 5.48. The van der Waals surface area contributed by atoms with E-state index in [-0.39, 0.29) is 5.91 Å². The number of aryl methyl sites for hydroxylation is 1. The first-order valence-corrected chi connectivity index (χ1v) is 10.5. The van der Waals surface area contributed by atoms with Gasteiger partial charge in [-0.1, -0.05) is 17.7 Å². The van der Waals surface area contributed by atoms with E-state index in [0.29, 0.717) is 13.0 Å². The van der Waals surface area contributed by atoms with Crippen molar-refractivity contribution in [2.75, 3.05) is 38.0 Å². The van der Waals surface area contributed by atoms with Crippen LogP contribution in [-0.4, -0.2) is 63.4 Å². The number of nitrogens with zero attached hydrogens (tertiary/aromatic N) is 5. The van der Waals surface area contributed by atoms with Crippen LogP contribution >= 0.6 is 0 Å². The summed E-state index contributed by atoms with van der Waals surface area (Å²) in [5, 5.41) is 4.32. The SMILES string of the molecule is Cc1ccc2ncnc(NCCC(=O)N3CCCN(Cc4ccccn4)CC3)c2c1. The number of hydrogen-bond acceptors (Lipinski definition) is 6. The maximum Gasteiger partial charge on any atom is 0.224 e. The molecular formula is C23H28N6O. The van der Waals surface area contributed by atoms with Crippen molar-refractivity contribution in [3.8, 4) is 0 Å². The number of fused-ring (bicyclic) bond motifs is 1. The van der Waals surface area contributed by atoms with E-state index >= 15 is 0 Å². The van der Waals surface area contributed by atoms with Crippen LogP contribution in [0.15, 0.2) is 48.9 Å².